The van der Waals surface area contributed by atoms with Gasteiger partial charge in [0.15, 0.2) is 0 Å². The van der Waals surface area contributed by atoms with E-state index < -0.39 is 0 Å². The topological polar surface area (TPSA) is 36.9 Å². The first-order valence-corrected chi connectivity index (χ1v) is 16.1. The molecule has 5 heteroatoms. The quantitative estimate of drug-likeness (QED) is 0.159. The second kappa shape index (κ2) is 16.2. The average Bonchev–Trinajstić information content (AvgIpc) is 3.04. The molecule has 0 spiro atoms. The predicted molar refractivity (Wildman–Crippen MR) is 171 cm³/mol. The molecule has 0 aliphatic carbocycles. The fourth-order valence-corrected chi connectivity index (χ4v) is 6.05. The van der Waals surface area contributed by atoms with Gasteiger partial charge in [-0.15, -0.1) is 8.58 Å². The third kappa shape index (κ3) is 8.58. The fraction of sp³-hybridized carbons (Fsp3) is 0.333. The minimum Gasteiger partial charge on any atom is -0.489 e. The van der Waals surface area contributed by atoms with Crippen LogP contribution in [0.5, 0.6) is 17.2 Å². The molecule has 4 nitrogen and oxygen atoms in total. The van der Waals surface area contributed by atoms with Gasteiger partial charge in [0.2, 0.25) is 0 Å². The summed E-state index contributed by atoms with van der Waals surface area (Å²) in [5.74, 6) is 3.09. The molecule has 0 amide bonds. The lowest BCUT2D eigenvalue weighted by molar-refractivity contribution is 0.145. The number of methoxy groups -OCH3 is 1. The summed E-state index contributed by atoms with van der Waals surface area (Å²) >= 11 is 0. The van der Waals surface area contributed by atoms with E-state index in [0.717, 1.165) is 55.1 Å². The second-order valence-corrected chi connectivity index (χ2v) is 11.5. The van der Waals surface area contributed by atoms with E-state index in [1.54, 1.807) is 7.11 Å². The number of hydrogen-bond acceptors (Lipinski definition) is 4. The van der Waals surface area contributed by atoms with Crippen LogP contribution >= 0.6 is 8.58 Å². The summed E-state index contributed by atoms with van der Waals surface area (Å²) in [5.41, 5.74) is 5.76. The zero-order valence-corrected chi connectivity index (χ0v) is 25.8. The monoisotopic (exact) mass is 570 g/mol. The molecule has 3 unspecified atom stereocenters. The van der Waals surface area contributed by atoms with Crippen LogP contribution in [-0.4, -0.2) is 19.4 Å². The lowest BCUT2D eigenvalue weighted by Gasteiger charge is -2.34. The van der Waals surface area contributed by atoms with E-state index in [9.17, 15) is 0 Å². The van der Waals surface area contributed by atoms with Crippen LogP contribution in [0.4, 0.5) is 0 Å². The molecule has 4 aromatic carbocycles. The number of ether oxygens (including phenoxy) is 4. The van der Waals surface area contributed by atoms with Gasteiger partial charge in [0.05, 0.1) is 6.61 Å². The summed E-state index contributed by atoms with van der Waals surface area (Å²) in [7, 11) is 2.64. The molecule has 41 heavy (non-hydrogen) atoms. The van der Waals surface area contributed by atoms with E-state index in [2.05, 4.69) is 67.6 Å². The Balaban J connectivity index is 0.00000189. The predicted octanol–water partition coefficient (Wildman–Crippen LogP) is 9.32. The van der Waals surface area contributed by atoms with E-state index in [4.69, 9.17) is 18.9 Å². The largest absolute Gasteiger partial charge is 0.489 e. The second-order valence-electron chi connectivity index (χ2n) is 9.90. The molecule has 0 aromatic heterocycles. The van der Waals surface area contributed by atoms with Crippen molar-refractivity contribution in [2.24, 2.45) is 0 Å². The van der Waals surface area contributed by atoms with Gasteiger partial charge < -0.3 is 18.9 Å². The smallest absolute Gasteiger partial charge is 0.129 e. The Morgan fingerprint density at radius 1 is 0.756 bits per heavy atom. The third-order valence-corrected chi connectivity index (χ3v) is 8.34. The number of benzene rings is 4. The standard InChI is InChI=1S/C34H37O4P.C2H6/c1-3-39-24-29-19-33(27-14-16-30(17-15-27)36-21-25-10-6-4-7-11-25)38-34-28(23-35-2)18-31(20-32(29)34)37-22-26-12-8-5-9-13-26;1-2/h4-18,20,29,33,39H,3,19,21-24H2,1-2H3;1-2H3. The molecule has 0 radical (unpaired) electrons. The van der Waals surface area contributed by atoms with E-state index in [1.165, 1.54) is 17.3 Å². The minimum absolute atomic E-state index is 0.0148. The van der Waals surface area contributed by atoms with Gasteiger partial charge in [0.25, 0.3) is 0 Å². The highest BCUT2D eigenvalue weighted by Crippen LogP contribution is 2.47. The zero-order valence-electron chi connectivity index (χ0n) is 24.8. The average molecular weight is 571 g/mol. The van der Waals surface area contributed by atoms with Crippen molar-refractivity contribution in [3.63, 3.8) is 0 Å². The molecule has 0 saturated carbocycles. The van der Waals surface area contributed by atoms with Crippen molar-refractivity contribution in [1.29, 1.82) is 0 Å². The minimum atomic E-state index is -0.0148. The maximum atomic E-state index is 6.73. The fourth-order valence-electron chi connectivity index (χ4n) is 5.03. The van der Waals surface area contributed by atoms with Crippen LogP contribution in [0.3, 0.4) is 0 Å². The molecule has 0 fully saturated rings. The molecule has 5 rings (SSSR count). The van der Waals surface area contributed by atoms with Crippen molar-refractivity contribution in [2.45, 2.75) is 59.0 Å². The lowest BCUT2D eigenvalue weighted by Crippen LogP contribution is -2.22. The zero-order chi connectivity index (χ0) is 28.9. The van der Waals surface area contributed by atoms with Gasteiger partial charge >= 0.3 is 0 Å². The molecular weight excluding hydrogens is 527 g/mol. The van der Waals surface area contributed by atoms with Gasteiger partial charge in [-0.2, -0.15) is 0 Å². The molecular formula is C36H43O4P. The lowest BCUT2D eigenvalue weighted by atomic mass is 9.87. The van der Waals surface area contributed by atoms with E-state index in [0.29, 0.717) is 25.7 Å². The van der Waals surface area contributed by atoms with Crippen molar-refractivity contribution >= 4 is 8.58 Å². The Morgan fingerprint density at radius 2 is 1.37 bits per heavy atom. The summed E-state index contributed by atoms with van der Waals surface area (Å²) < 4.78 is 24.6. The highest BCUT2D eigenvalue weighted by Gasteiger charge is 2.31. The molecule has 0 saturated heterocycles. The van der Waals surface area contributed by atoms with Crippen molar-refractivity contribution in [2.75, 3.05) is 19.4 Å². The summed E-state index contributed by atoms with van der Waals surface area (Å²) in [6.45, 7) is 7.84. The molecule has 0 bridgehead atoms. The molecule has 0 N–H and O–H groups in total. The molecule has 1 heterocycles. The van der Waals surface area contributed by atoms with Crippen LogP contribution in [-0.2, 0) is 24.6 Å². The van der Waals surface area contributed by atoms with Crippen LogP contribution in [0, 0.1) is 0 Å². The Labute approximate surface area is 247 Å². The summed E-state index contributed by atoms with van der Waals surface area (Å²) in [5, 5.41) is 0. The normalized spacial score (nSPS) is 15.9. The Morgan fingerprint density at radius 3 is 1.95 bits per heavy atom. The van der Waals surface area contributed by atoms with Crippen molar-refractivity contribution in [3.05, 3.63) is 125 Å². The van der Waals surface area contributed by atoms with Gasteiger partial charge in [-0.3, -0.25) is 0 Å². The van der Waals surface area contributed by atoms with E-state index >= 15 is 0 Å². The van der Waals surface area contributed by atoms with Crippen LogP contribution in [0.1, 0.15) is 67.0 Å². The molecule has 4 aromatic rings. The number of hydrogen-bond donors (Lipinski definition) is 0. The highest BCUT2D eigenvalue weighted by atomic mass is 31.1. The first kappa shape index (κ1) is 30.6. The Kier molecular flexibility index (Phi) is 12.1. The molecule has 1 aliphatic heterocycles. The number of rotatable bonds is 12. The van der Waals surface area contributed by atoms with Crippen LogP contribution < -0.4 is 14.2 Å². The molecule has 1 aliphatic rings. The molecule has 216 valence electrons. The molecule has 3 atom stereocenters. The highest BCUT2D eigenvalue weighted by molar-refractivity contribution is 7.37. The maximum absolute atomic E-state index is 6.73. The SMILES string of the molecule is CC.CCPCC1CC(c2ccc(OCc3ccccc3)cc2)Oc2c(COC)cc(OCc3ccccc3)cc21. The van der Waals surface area contributed by atoms with Gasteiger partial charge in [-0.25, -0.2) is 0 Å². The van der Waals surface area contributed by atoms with Gasteiger partial charge in [0, 0.05) is 18.2 Å². The van der Waals surface area contributed by atoms with Crippen LogP contribution in [0.15, 0.2) is 97.1 Å². The summed E-state index contributed by atoms with van der Waals surface area (Å²) in [6, 6.07) is 33.2. The number of fused-ring (bicyclic) bond motifs is 1. The van der Waals surface area contributed by atoms with Crippen molar-refractivity contribution < 1.29 is 18.9 Å². The van der Waals surface area contributed by atoms with E-state index in [-0.39, 0.29) is 6.10 Å². The van der Waals surface area contributed by atoms with Gasteiger partial charge in [0.1, 0.15) is 36.6 Å². The van der Waals surface area contributed by atoms with Gasteiger partial charge in [-0.1, -0.05) is 93.6 Å². The summed E-state index contributed by atoms with van der Waals surface area (Å²) in [4.78, 5) is 0. The van der Waals surface area contributed by atoms with Crippen LogP contribution in [0.25, 0.3) is 0 Å². The first-order chi connectivity index (χ1) is 20.2. The van der Waals surface area contributed by atoms with Crippen LogP contribution in [0.2, 0.25) is 0 Å². The third-order valence-electron chi connectivity index (χ3n) is 7.06. The maximum Gasteiger partial charge on any atom is 0.129 e. The van der Waals surface area contributed by atoms with E-state index in [1.807, 2.05) is 50.2 Å². The van der Waals surface area contributed by atoms with Crippen molar-refractivity contribution in [1.82, 2.24) is 0 Å². The van der Waals surface area contributed by atoms with Crippen molar-refractivity contribution in [3.8, 4) is 17.2 Å². The summed E-state index contributed by atoms with van der Waals surface area (Å²) in [6.07, 6.45) is 3.27. The van der Waals surface area contributed by atoms with Gasteiger partial charge in [-0.05, 0) is 65.6 Å². The first-order valence-electron chi connectivity index (χ1n) is 14.7. The Hall–Kier alpha value is -3.33. The Bertz CT molecular complexity index is 1310.